The number of nitrogens with zero attached hydrogens (tertiary/aromatic N) is 1. The molecule has 18 heavy (non-hydrogen) atoms. The highest BCUT2D eigenvalue weighted by atomic mass is 16.3. The van der Waals surface area contributed by atoms with Gasteiger partial charge in [-0.3, -0.25) is 0 Å². The SMILES string of the molecule is CCC(O)C1CCC(c2ccc(C#N)cc2)CC1. The van der Waals surface area contributed by atoms with Gasteiger partial charge in [0.2, 0.25) is 0 Å². The molecular formula is C16H21NO. The van der Waals surface area contributed by atoms with Crippen LogP contribution in [0.3, 0.4) is 0 Å². The van der Waals surface area contributed by atoms with Crippen molar-refractivity contribution in [2.75, 3.05) is 0 Å². The number of rotatable bonds is 3. The van der Waals surface area contributed by atoms with E-state index in [0.717, 1.165) is 37.7 Å². The van der Waals surface area contributed by atoms with Gasteiger partial charge in [0, 0.05) is 0 Å². The molecule has 1 aliphatic carbocycles. The summed E-state index contributed by atoms with van der Waals surface area (Å²) in [4.78, 5) is 0. The molecule has 1 unspecified atom stereocenters. The zero-order valence-electron chi connectivity index (χ0n) is 11.0. The smallest absolute Gasteiger partial charge is 0.0991 e. The molecule has 0 bridgehead atoms. The van der Waals surface area contributed by atoms with Crippen LogP contribution < -0.4 is 0 Å². The topological polar surface area (TPSA) is 44.0 Å². The maximum absolute atomic E-state index is 9.87. The Balaban J connectivity index is 1.95. The largest absolute Gasteiger partial charge is 0.393 e. The summed E-state index contributed by atoms with van der Waals surface area (Å²) in [5, 5.41) is 18.7. The van der Waals surface area contributed by atoms with E-state index in [9.17, 15) is 5.11 Å². The van der Waals surface area contributed by atoms with Gasteiger partial charge in [-0.1, -0.05) is 19.1 Å². The highest BCUT2D eigenvalue weighted by Crippen LogP contribution is 2.37. The molecule has 2 nitrogen and oxygen atoms in total. The summed E-state index contributed by atoms with van der Waals surface area (Å²) < 4.78 is 0. The molecule has 0 saturated heterocycles. The van der Waals surface area contributed by atoms with Gasteiger partial charge >= 0.3 is 0 Å². The van der Waals surface area contributed by atoms with Crippen molar-refractivity contribution in [3.05, 3.63) is 35.4 Å². The highest BCUT2D eigenvalue weighted by molar-refractivity contribution is 5.33. The van der Waals surface area contributed by atoms with E-state index < -0.39 is 0 Å². The molecule has 96 valence electrons. The van der Waals surface area contributed by atoms with Gasteiger partial charge in [0.1, 0.15) is 0 Å². The minimum Gasteiger partial charge on any atom is -0.393 e. The first kappa shape index (κ1) is 13.1. The lowest BCUT2D eigenvalue weighted by Gasteiger charge is -2.31. The summed E-state index contributed by atoms with van der Waals surface area (Å²) in [5.41, 5.74) is 2.08. The van der Waals surface area contributed by atoms with Crippen molar-refractivity contribution in [1.82, 2.24) is 0 Å². The second-order valence-electron chi connectivity index (χ2n) is 5.32. The van der Waals surface area contributed by atoms with E-state index >= 15 is 0 Å². The summed E-state index contributed by atoms with van der Waals surface area (Å²) >= 11 is 0. The Hall–Kier alpha value is -1.33. The summed E-state index contributed by atoms with van der Waals surface area (Å²) in [7, 11) is 0. The van der Waals surface area contributed by atoms with Crippen molar-refractivity contribution < 1.29 is 5.11 Å². The number of aliphatic hydroxyl groups excluding tert-OH is 1. The van der Waals surface area contributed by atoms with E-state index in [0.29, 0.717) is 11.8 Å². The number of nitriles is 1. The average molecular weight is 243 g/mol. The first-order valence-electron chi connectivity index (χ1n) is 6.92. The molecule has 1 N–H and O–H groups in total. The van der Waals surface area contributed by atoms with Crippen molar-refractivity contribution in [2.45, 2.75) is 51.0 Å². The monoisotopic (exact) mass is 243 g/mol. The fourth-order valence-corrected chi connectivity index (χ4v) is 3.00. The second-order valence-corrected chi connectivity index (χ2v) is 5.32. The van der Waals surface area contributed by atoms with Crippen molar-refractivity contribution in [1.29, 1.82) is 5.26 Å². The molecule has 0 amide bonds. The van der Waals surface area contributed by atoms with E-state index in [1.54, 1.807) is 0 Å². The minimum absolute atomic E-state index is 0.119. The van der Waals surface area contributed by atoms with E-state index in [1.165, 1.54) is 5.56 Å². The minimum atomic E-state index is -0.119. The molecule has 1 aromatic rings. The van der Waals surface area contributed by atoms with Gasteiger partial charge in [-0.15, -0.1) is 0 Å². The molecular weight excluding hydrogens is 222 g/mol. The molecule has 1 atom stereocenters. The van der Waals surface area contributed by atoms with Crippen LogP contribution in [0.2, 0.25) is 0 Å². The van der Waals surface area contributed by atoms with E-state index in [4.69, 9.17) is 5.26 Å². The zero-order chi connectivity index (χ0) is 13.0. The Morgan fingerprint density at radius 2 is 1.83 bits per heavy atom. The van der Waals surface area contributed by atoms with Crippen LogP contribution >= 0.6 is 0 Å². The van der Waals surface area contributed by atoms with Crippen LogP contribution in [0.1, 0.15) is 56.1 Å². The third-order valence-corrected chi connectivity index (χ3v) is 4.25. The van der Waals surface area contributed by atoms with Crippen LogP contribution in [-0.2, 0) is 0 Å². The van der Waals surface area contributed by atoms with Crippen LogP contribution in [0.5, 0.6) is 0 Å². The lowest BCUT2D eigenvalue weighted by molar-refractivity contribution is 0.0778. The molecule has 1 aliphatic rings. The van der Waals surface area contributed by atoms with Crippen LogP contribution in [0.15, 0.2) is 24.3 Å². The fraction of sp³-hybridized carbons (Fsp3) is 0.562. The summed E-state index contributed by atoms with van der Waals surface area (Å²) in [6, 6.07) is 10.1. The second kappa shape index (κ2) is 6.02. The number of hydrogen-bond acceptors (Lipinski definition) is 2. The Kier molecular flexibility index (Phi) is 4.38. The fourth-order valence-electron chi connectivity index (χ4n) is 3.00. The third kappa shape index (κ3) is 2.91. The third-order valence-electron chi connectivity index (χ3n) is 4.25. The molecule has 1 aromatic carbocycles. The normalized spacial score (nSPS) is 25.4. The Labute approximate surface area is 109 Å². The lowest BCUT2D eigenvalue weighted by atomic mass is 9.76. The Bertz CT molecular complexity index is 410. The molecule has 2 heteroatoms. The zero-order valence-corrected chi connectivity index (χ0v) is 11.0. The van der Waals surface area contributed by atoms with Crippen molar-refractivity contribution in [2.24, 2.45) is 5.92 Å². The van der Waals surface area contributed by atoms with Gasteiger partial charge < -0.3 is 5.11 Å². The van der Waals surface area contributed by atoms with Gasteiger partial charge in [-0.2, -0.15) is 5.26 Å². The first-order chi connectivity index (χ1) is 8.74. The predicted molar refractivity (Wildman–Crippen MR) is 72.2 cm³/mol. The van der Waals surface area contributed by atoms with Gasteiger partial charge in [-0.25, -0.2) is 0 Å². The molecule has 2 rings (SSSR count). The number of benzene rings is 1. The standard InChI is InChI=1S/C16H21NO/c1-2-16(18)15-9-7-14(8-10-15)13-5-3-12(11-17)4-6-13/h3-6,14-16,18H,2,7-10H2,1H3. The molecule has 0 spiro atoms. The Morgan fingerprint density at radius 3 is 2.33 bits per heavy atom. The van der Waals surface area contributed by atoms with Crippen molar-refractivity contribution in [3.8, 4) is 6.07 Å². The van der Waals surface area contributed by atoms with E-state index in [2.05, 4.69) is 25.1 Å². The van der Waals surface area contributed by atoms with Crippen molar-refractivity contribution in [3.63, 3.8) is 0 Å². The predicted octanol–water partition coefficient (Wildman–Crippen LogP) is 3.60. The molecule has 0 aromatic heterocycles. The quantitative estimate of drug-likeness (QED) is 0.881. The van der Waals surface area contributed by atoms with Crippen LogP contribution in [-0.4, -0.2) is 11.2 Å². The summed E-state index contributed by atoms with van der Waals surface area (Å²) in [6.07, 6.45) is 5.32. The molecule has 0 heterocycles. The van der Waals surface area contributed by atoms with Crippen LogP contribution in [0.25, 0.3) is 0 Å². The summed E-state index contributed by atoms with van der Waals surface area (Å²) in [6.45, 7) is 2.05. The highest BCUT2D eigenvalue weighted by Gasteiger charge is 2.26. The van der Waals surface area contributed by atoms with Crippen molar-refractivity contribution >= 4 is 0 Å². The van der Waals surface area contributed by atoms with Gasteiger partial charge in [0.05, 0.1) is 17.7 Å². The van der Waals surface area contributed by atoms with Crippen LogP contribution in [0, 0.1) is 17.2 Å². The molecule has 0 radical (unpaired) electrons. The average Bonchev–Trinajstić information content (AvgIpc) is 2.47. The lowest BCUT2D eigenvalue weighted by Crippen LogP contribution is -2.24. The maximum Gasteiger partial charge on any atom is 0.0991 e. The Morgan fingerprint density at radius 1 is 1.22 bits per heavy atom. The van der Waals surface area contributed by atoms with Gasteiger partial charge in [0.15, 0.2) is 0 Å². The first-order valence-corrected chi connectivity index (χ1v) is 6.92. The van der Waals surface area contributed by atoms with E-state index in [-0.39, 0.29) is 6.10 Å². The number of aliphatic hydroxyl groups is 1. The van der Waals surface area contributed by atoms with E-state index in [1.807, 2.05) is 12.1 Å². The molecule has 1 fully saturated rings. The van der Waals surface area contributed by atoms with Gasteiger partial charge in [-0.05, 0) is 61.6 Å². The van der Waals surface area contributed by atoms with Crippen LogP contribution in [0.4, 0.5) is 0 Å². The van der Waals surface area contributed by atoms with Gasteiger partial charge in [0.25, 0.3) is 0 Å². The maximum atomic E-state index is 9.87. The molecule has 1 saturated carbocycles. The number of hydrogen-bond donors (Lipinski definition) is 1. The summed E-state index contributed by atoms with van der Waals surface area (Å²) in [5.74, 6) is 1.10. The molecule has 0 aliphatic heterocycles.